The van der Waals surface area contributed by atoms with Gasteiger partial charge in [0.25, 0.3) is 0 Å². The molecule has 2 aromatic rings. The fraction of sp³-hybridized carbons (Fsp3) is 0.294. The number of aryl methyl sites for hydroxylation is 2. The Balaban J connectivity index is 2.06. The maximum absolute atomic E-state index is 6.67. The Morgan fingerprint density at radius 1 is 1.10 bits per heavy atom. The van der Waals surface area contributed by atoms with Gasteiger partial charge in [0.15, 0.2) is 0 Å². The van der Waals surface area contributed by atoms with Gasteiger partial charge >= 0.3 is 0 Å². The second-order valence-corrected chi connectivity index (χ2v) is 6.16. The number of hydrogen-bond acceptors (Lipinski definition) is 1. The normalized spacial score (nSPS) is 14.8. The lowest BCUT2D eigenvalue weighted by molar-refractivity contribution is 0.353. The fourth-order valence-corrected chi connectivity index (χ4v) is 3.14. The molecule has 2 aromatic carbocycles. The molecule has 0 spiro atoms. The van der Waals surface area contributed by atoms with E-state index in [0.717, 1.165) is 33.9 Å². The highest BCUT2D eigenvalue weighted by molar-refractivity contribution is 6.31. The molecular weight excluding hydrogens is 291 g/mol. The molecule has 0 fully saturated rings. The quantitative estimate of drug-likeness (QED) is 0.691. The van der Waals surface area contributed by atoms with Crippen LogP contribution in [0.4, 0.5) is 0 Å². The van der Waals surface area contributed by atoms with Crippen molar-refractivity contribution >= 4 is 23.2 Å². The summed E-state index contributed by atoms with van der Waals surface area (Å²) in [6.45, 7) is 4.91. The molecule has 0 N–H and O–H groups in total. The molecule has 1 atom stereocenters. The Morgan fingerprint density at radius 3 is 2.65 bits per heavy atom. The Labute approximate surface area is 129 Å². The summed E-state index contributed by atoms with van der Waals surface area (Å²) in [4.78, 5) is 0. The van der Waals surface area contributed by atoms with E-state index in [-0.39, 0.29) is 5.38 Å². The molecule has 0 radical (unpaired) electrons. The first-order valence-electron chi connectivity index (χ1n) is 6.72. The minimum atomic E-state index is -0.236. The lowest BCUT2D eigenvalue weighted by Gasteiger charge is -2.16. The van der Waals surface area contributed by atoms with Crippen molar-refractivity contribution in [3.63, 3.8) is 0 Å². The number of ether oxygens (including phenoxy) is 1. The lowest BCUT2D eigenvalue weighted by atomic mass is 9.98. The van der Waals surface area contributed by atoms with E-state index in [4.69, 9.17) is 27.9 Å². The van der Waals surface area contributed by atoms with Crippen molar-refractivity contribution < 1.29 is 4.74 Å². The molecule has 0 aromatic heterocycles. The van der Waals surface area contributed by atoms with Gasteiger partial charge < -0.3 is 4.74 Å². The van der Waals surface area contributed by atoms with Gasteiger partial charge in [0.2, 0.25) is 0 Å². The van der Waals surface area contributed by atoms with Crippen molar-refractivity contribution in [2.45, 2.75) is 25.6 Å². The number of hydrogen-bond donors (Lipinski definition) is 0. The Morgan fingerprint density at radius 2 is 1.90 bits per heavy atom. The van der Waals surface area contributed by atoms with Gasteiger partial charge in [0.1, 0.15) is 5.75 Å². The van der Waals surface area contributed by atoms with Gasteiger partial charge in [-0.15, -0.1) is 11.6 Å². The van der Waals surface area contributed by atoms with Crippen LogP contribution >= 0.6 is 23.2 Å². The molecule has 1 heterocycles. The summed E-state index contributed by atoms with van der Waals surface area (Å²) in [5.41, 5.74) is 5.71. The molecule has 3 rings (SSSR count). The van der Waals surface area contributed by atoms with Crippen LogP contribution in [0.2, 0.25) is 5.02 Å². The molecule has 1 aliphatic heterocycles. The van der Waals surface area contributed by atoms with Crippen LogP contribution in [0, 0.1) is 13.8 Å². The number of rotatable bonds is 2. The Hall–Kier alpha value is -1.18. The van der Waals surface area contributed by atoms with Crippen molar-refractivity contribution in [1.29, 1.82) is 0 Å². The first-order chi connectivity index (χ1) is 9.56. The topological polar surface area (TPSA) is 9.23 Å². The third-order valence-corrected chi connectivity index (χ3v) is 4.58. The summed E-state index contributed by atoms with van der Waals surface area (Å²) in [6, 6.07) is 10.2. The van der Waals surface area contributed by atoms with E-state index in [2.05, 4.69) is 32.0 Å². The van der Waals surface area contributed by atoms with E-state index in [1.165, 1.54) is 11.1 Å². The molecule has 0 bridgehead atoms. The van der Waals surface area contributed by atoms with Crippen LogP contribution in [-0.2, 0) is 6.42 Å². The molecule has 20 heavy (non-hydrogen) atoms. The van der Waals surface area contributed by atoms with E-state index in [1.807, 2.05) is 12.1 Å². The Kier molecular flexibility index (Phi) is 3.66. The highest BCUT2D eigenvalue weighted by Crippen LogP contribution is 2.41. The van der Waals surface area contributed by atoms with Crippen molar-refractivity contribution in [3.8, 4) is 5.75 Å². The predicted octanol–water partition coefficient (Wildman–Crippen LogP) is 5.22. The number of halogens is 2. The average Bonchev–Trinajstić information content (AvgIpc) is 2.88. The van der Waals surface area contributed by atoms with Crippen molar-refractivity contribution in [2.75, 3.05) is 6.61 Å². The minimum Gasteiger partial charge on any atom is -0.493 e. The van der Waals surface area contributed by atoms with Crippen LogP contribution in [0.25, 0.3) is 0 Å². The van der Waals surface area contributed by atoms with Gasteiger partial charge in [0.05, 0.1) is 12.0 Å². The van der Waals surface area contributed by atoms with Gasteiger partial charge in [-0.1, -0.05) is 29.8 Å². The van der Waals surface area contributed by atoms with Crippen LogP contribution in [0.3, 0.4) is 0 Å². The molecular formula is C17H16Cl2O. The van der Waals surface area contributed by atoms with Crippen molar-refractivity contribution in [3.05, 3.63) is 63.2 Å². The zero-order valence-corrected chi connectivity index (χ0v) is 13.1. The highest BCUT2D eigenvalue weighted by Gasteiger charge is 2.23. The molecule has 1 aliphatic rings. The van der Waals surface area contributed by atoms with Gasteiger partial charge in [-0.25, -0.2) is 0 Å². The van der Waals surface area contributed by atoms with E-state index >= 15 is 0 Å². The first-order valence-corrected chi connectivity index (χ1v) is 7.54. The van der Waals surface area contributed by atoms with E-state index in [9.17, 15) is 0 Å². The smallest absolute Gasteiger partial charge is 0.127 e. The molecule has 0 saturated carbocycles. The maximum Gasteiger partial charge on any atom is 0.127 e. The molecule has 104 valence electrons. The van der Waals surface area contributed by atoms with Crippen molar-refractivity contribution in [1.82, 2.24) is 0 Å². The fourth-order valence-electron chi connectivity index (χ4n) is 2.59. The predicted molar refractivity (Wildman–Crippen MR) is 84.3 cm³/mol. The minimum absolute atomic E-state index is 0.236. The largest absolute Gasteiger partial charge is 0.493 e. The molecule has 0 aliphatic carbocycles. The number of alkyl halides is 1. The van der Waals surface area contributed by atoms with Crippen LogP contribution in [-0.4, -0.2) is 6.61 Å². The summed E-state index contributed by atoms with van der Waals surface area (Å²) < 4.78 is 5.74. The summed E-state index contributed by atoms with van der Waals surface area (Å²) in [5.74, 6) is 0.910. The van der Waals surface area contributed by atoms with Crippen LogP contribution in [0.5, 0.6) is 5.75 Å². The summed E-state index contributed by atoms with van der Waals surface area (Å²) in [7, 11) is 0. The number of benzene rings is 2. The molecule has 1 nitrogen and oxygen atoms in total. The standard InChI is InChI=1S/C17H16Cl2O/c1-10-3-4-12(7-11(10)2)16(19)15-9-14(18)8-13-5-6-20-17(13)15/h3-4,7-9,16H,5-6H2,1-2H3. The average molecular weight is 307 g/mol. The number of fused-ring (bicyclic) bond motifs is 1. The SMILES string of the molecule is Cc1ccc(C(Cl)c2cc(Cl)cc3c2OCC3)cc1C. The zero-order chi connectivity index (χ0) is 14.3. The molecule has 1 unspecified atom stereocenters. The van der Waals surface area contributed by atoms with Crippen LogP contribution < -0.4 is 4.74 Å². The summed E-state index contributed by atoms with van der Waals surface area (Å²) >= 11 is 12.9. The maximum atomic E-state index is 6.67. The molecule has 0 amide bonds. The van der Waals surface area contributed by atoms with Crippen molar-refractivity contribution in [2.24, 2.45) is 0 Å². The first kappa shape index (κ1) is 13.8. The zero-order valence-electron chi connectivity index (χ0n) is 11.5. The van der Waals surface area contributed by atoms with E-state index in [0.29, 0.717) is 6.61 Å². The van der Waals surface area contributed by atoms with Gasteiger partial charge in [-0.2, -0.15) is 0 Å². The van der Waals surface area contributed by atoms with Crippen LogP contribution in [0.1, 0.15) is 33.2 Å². The van der Waals surface area contributed by atoms with Gasteiger partial charge in [-0.3, -0.25) is 0 Å². The second-order valence-electron chi connectivity index (χ2n) is 5.29. The lowest BCUT2D eigenvalue weighted by Crippen LogP contribution is -1.98. The van der Waals surface area contributed by atoms with Crippen LogP contribution in [0.15, 0.2) is 30.3 Å². The summed E-state index contributed by atoms with van der Waals surface area (Å²) in [5, 5.41) is 0.485. The van der Waals surface area contributed by atoms with E-state index in [1.54, 1.807) is 0 Å². The third kappa shape index (κ3) is 2.41. The highest BCUT2D eigenvalue weighted by atomic mass is 35.5. The second kappa shape index (κ2) is 5.31. The Bertz CT molecular complexity index is 664. The van der Waals surface area contributed by atoms with E-state index < -0.39 is 0 Å². The monoisotopic (exact) mass is 306 g/mol. The molecule has 0 saturated heterocycles. The van der Waals surface area contributed by atoms with Gasteiger partial charge in [-0.05, 0) is 48.2 Å². The molecule has 3 heteroatoms. The third-order valence-electron chi connectivity index (χ3n) is 3.87. The van der Waals surface area contributed by atoms with Gasteiger partial charge in [0, 0.05) is 17.0 Å². The summed E-state index contributed by atoms with van der Waals surface area (Å²) in [6.07, 6.45) is 0.902.